The Morgan fingerprint density at radius 3 is 2.93 bits per heavy atom. The molecule has 0 saturated carbocycles. The van der Waals surface area contributed by atoms with E-state index in [4.69, 9.17) is 16.0 Å². The number of carbonyl (C=O) groups is 1. The molecule has 0 saturated heterocycles. The van der Waals surface area contributed by atoms with Gasteiger partial charge in [0.15, 0.2) is 5.16 Å². The van der Waals surface area contributed by atoms with Gasteiger partial charge in [0.1, 0.15) is 17.7 Å². The van der Waals surface area contributed by atoms with Gasteiger partial charge in [-0.05, 0) is 37.3 Å². The summed E-state index contributed by atoms with van der Waals surface area (Å²) < 4.78 is 7.61. The fraction of sp³-hybridized carbons (Fsp3) is 0.150. The lowest BCUT2D eigenvalue weighted by Gasteiger charge is -2.11. The lowest BCUT2D eigenvalue weighted by atomic mass is 10.2. The summed E-state index contributed by atoms with van der Waals surface area (Å²) in [6.45, 7) is 1.90. The topological polar surface area (TPSA) is 73.0 Å². The highest BCUT2D eigenvalue weighted by Gasteiger charge is 2.16. The van der Waals surface area contributed by atoms with Crippen LogP contribution in [0.5, 0.6) is 0 Å². The van der Waals surface area contributed by atoms with Gasteiger partial charge in [-0.3, -0.25) is 9.36 Å². The number of fused-ring (bicyclic) bond motifs is 1. The molecule has 2 heterocycles. The molecule has 0 unspecified atom stereocenters. The highest BCUT2D eigenvalue weighted by atomic mass is 35.5. The van der Waals surface area contributed by atoms with E-state index in [1.807, 2.05) is 55.5 Å². The van der Waals surface area contributed by atoms with E-state index >= 15 is 0 Å². The van der Waals surface area contributed by atoms with E-state index in [-0.39, 0.29) is 17.7 Å². The molecule has 4 rings (SSSR count). The van der Waals surface area contributed by atoms with Gasteiger partial charge in [-0.1, -0.05) is 47.6 Å². The summed E-state index contributed by atoms with van der Waals surface area (Å²) in [4.78, 5) is 12.4. The molecule has 0 aliphatic rings. The number of nitrogens with zero attached hydrogens (tertiary/aromatic N) is 3. The van der Waals surface area contributed by atoms with E-state index in [9.17, 15) is 4.79 Å². The Kier molecular flexibility index (Phi) is 5.36. The molecule has 8 heteroatoms. The van der Waals surface area contributed by atoms with E-state index in [0.717, 1.165) is 22.4 Å². The number of rotatable bonds is 6. The molecule has 0 bridgehead atoms. The van der Waals surface area contributed by atoms with Gasteiger partial charge in [-0.15, -0.1) is 10.2 Å². The average molecular weight is 413 g/mol. The van der Waals surface area contributed by atoms with Crippen LogP contribution in [0.3, 0.4) is 0 Å². The van der Waals surface area contributed by atoms with Crippen molar-refractivity contribution in [1.29, 1.82) is 0 Å². The lowest BCUT2D eigenvalue weighted by Crippen LogP contribution is -2.28. The third kappa shape index (κ3) is 4.05. The fourth-order valence-corrected chi connectivity index (χ4v) is 3.75. The van der Waals surface area contributed by atoms with Crippen molar-refractivity contribution in [3.8, 4) is 5.69 Å². The molecule has 2 aromatic heterocycles. The van der Waals surface area contributed by atoms with Gasteiger partial charge in [0.2, 0.25) is 5.91 Å². The number of amides is 1. The van der Waals surface area contributed by atoms with Crippen LogP contribution >= 0.6 is 23.4 Å². The summed E-state index contributed by atoms with van der Waals surface area (Å²) in [6, 6.07) is 16.9. The second-order valence-corrected chi connectivity index (χ2v) is 7.61. The molecule has 1 atom stereocenters. The van der Waals surface area contributed by atoms with Gasteiger partial charge in [0, 0.05) is 10.4 Å². The maximum absolute atomic E-state index is 12.4. The van der Waals surface area contributed by atoms with Crippen LogP contribution in [0.25, 0.3) is 16.7 Å². The number of nitrogens with one attached hydrogen (secondary N) is 1. The standard InChI is InChI=1S/C20H17ClN4O2S/c1-13(18-9-14-5-2-3-8-17(14)27-18)23-19(26)11-28-20-24-22-12-25(20)16-7-4-6-15(21)10-16/h2-10,12-13H,11H2,1H3,(H,23,26)/t13-/m1/s1. The molecule has 142 valence electrons. The molecule has 0 radical (unpaired) electrons. The number of hydrogen-bond acceptors (Lipinski definition) is 5. The molecule has 1 N–H and O–H groups in total. The first-order valence-corrected chi connectivity index (χ1v) is 10.0. The molecule has 6 nitrogen and oxygen atoms in total. The number of furan rings is 1. The first-order valence-electron chi connectivity index (χ1n) is 8.67. The molecule has 2 aromatic carbocycles. The zero-order valence-electron chi connectivity index (χ0n) is 15.0. The SMILES string of the molecule is C[C@@H](NC(=O)CSc1nncn1-c1cccc(Cl)c1)c1cc2ccccc2o1. The first kappa shape index (κ1) is 18.6. The van der Waals surface area contributed by atoms with Crippen LogP contribution in [0.1, 0.15) is 18.7 Å². The smallest absolute Gasteiger partial charge is 0.231 e. The van der Waals surface area contributed by atoms with Crippen molar-refractivity contribution in [3.05, 3.63) is 71.7 Å². The summed E-state index contributed by atoms with van der Waals surface area (Å²) >= 11 is 7.36. The third-order valence-electron chi connectivity index (χ3n) is 4.18. The minimum absolute atomic E-state index is 0.112. The Bertz CT molecular complexity index is 1090. The van der Waals surface area contributed by atoms with Gasteiger partial charge in [0.25, 0.3) is 0 Å². The van der Waals surface area contributed by atoms with Crippen LogP contribution in [0, 0.1) is 0 Å². The Labute approximate surface area is 170 Å². The number of benzene rings is 2. The Morgan fingerprint density at radius 1 is 1.25 bits per heavy atom. The molecule has 0 fully saturated rings. The average Bonchev–Trinajstić information content (AvgIpc) is 3.33. The zero-order valence-corrected chi connectivity index (χ0v) is 16.6. The highest BCUT2D eigenvalue weighted by molar-refractivity contribution is 7.99. The van der Waals surface area contributed by atoms with Crippen molar-refractivity contribution in [2.75, 3.05) is 5.75 Å². The minimum atomic E-state index is -0.230. The van der Waals surface area contributed by atoms with Crippen molar-refractivity contribution in [3.63, 3.8) is 0 Å². The molecule has 4 aromatic rings. The monoisotopic (exact) mass is 412 g/mol. The number of carbonyl (C=O) groups excluding carboxylic acids is 1. The van der Waals surface area contributed by atoms with Crippen molar-refractivity contribution < 1.29 is 9.21 Å². The van der Waals surface area contributed by atoms with Crippen molar-refractivity contribution in [2.24, 2.45) is 0 Å². The van der Waals surface area contributed by atoms with E-state index < -0.39 is 0 Å². The predicted molar refractivity (Wildman–Crippen MR) is 110 cm³/mol. The van der Waals surface area contributed by atoms with Crippen LogP contribution < -0.4 is 5.32 Å². The van der Waals surface area contributed by atoms with Crippen molar-refractivity contribution >= 4 is 40.2 Å². The summed E-state index contributed by atoms with van der Waals surface area (Å²) in [5.74, 6) is 0.823. The van der Waals surface area contributed by atoms with E-state index in [1.165, 1.54) is 11.8 Å². The highest BCUT2D eigenvalue weighted by Crippen LogP contribution is 2.24. The number of hydrogen-bond donors (Lipinski definition) is 1. The fourth-order valence-electron chi connectivity index (χ4n) is 2.83. The second kappa shape index (κ2) is 8.08. The van der Waals surface area contributed by atoms with Crippen molar-refractivity contribution in [1.82, 2.24) is 20.1 Å². The maximum atomic E-state index is 12.4. The lowest BCUT2D eigenvalue weighted by molar-refractivity contribution is -0.119. The van der Waals surface area contributed by atoms with Gasteiger partial charge >= 0.3 is 0 Å². The predicted octanol–water partition coefficient (Wildman–Crippen LogP) is 4.64. The normalized spacial score (nSPS) is 12.2. The van der Waals surface area contributed by atoms with Crippen LogP contribution in [0.2, 0.25) is 5.02 Å². The second-order valence-electron chi connectivity index (χ2n) is 6.23. The number of thioether (sulfide) groups is 1. The van der Waals surface area contributed by atoms with Crippen LogP contribution in [-0.4, -0.2) is 26.4 Å². The molecule has 0 aliphatic carbocycles. The molecule has 28 heavy (non-hydrogen) atoms. The quantitative estimate of drug-likeness (QED) is 0.467. The maximum Gasteiger partial charge on any atom is 0.231 e. The summed E-state index contributed by atoms with van der Waals surface area (Å²) in [5.41, 5.74) is 1.65. The number of para-hydroxylation sites is 1. The van der Waals surface area contributed by atoms with Crippen LogP contribution in [-0.2, 0) is 4.79 Å². The molecule has 0 aliphatic heterocycles. The van der Waals surface area contributed by atoms with Gasteiger partial charge in [-0.2, -0.15) is 0 Å². The van der Waals surface area contributed by atoms with Gasteiger partial charge in [-0.25, -0.2) is 0 Å². The first-order chi connectivity index (χ1) is 13.6. The molecular weight excluding hydrogens is 396 g/mol. The summed E-state index contributed by atoms with van der Waals surface area (Å²) in [5, 5.41) is 13.3. The van der Waals surface area contributed by atoms with E-state index in [2.05, 4.69) is 15.5 Å². The summed E-state index contributed by atoms with van der Waals surface area (Å²) in [7, 11) is 0. The Hall–Kier alpha value is -2.77. The Balaban J connectivity index is 1.39. The van der Waals surface area contributed by atoms with Crippen LogP contribution in [0.15, 0.2) is 70.5 Å². The molecular formula is C20H17ClN4O2S. The third-order valence-corrected chi connectivity index (χ3v) is 5.36. The zero-order chi connectivity index (χ0) is 19.5. The number of halogens is 1. The number of aromatic nitrogens is 3. The minimum Gasteiger partial charge on any atom is -0.459 e. The molecule has 1 amide bonds. The summed E-state index contributed by atoms with van der Waals surface area (Å²) in [6.07, 6.45) is 1.60. The largest absolute Gasteiger partial charge is 0.459 e. The van der Waals surface area contributed by atoms with Crippen molar-refractivity contribution in [2.45, 2.75) is 18.1 Å². The van der Waals surface area contributed by atoms with E-state index in [1.54, 1.807) is 17.0 Å². The van der Waals surface area contributed by atoms with Crippen LogP contribution in [0.4, 0.5) is 0 Å². The van der Waals surface area contributed by atoms with Gasteiger partial charge in [0.05, 0.1) is 17.5 Å². The van der Waals surface area contributed by atoms with Gasteiger partial charge < -0.3 is 9.73 Å². The van der Waals surface area contributed by atoms with E-state index in [0.29, 0.717) is 10.2 Å². The Morgan fingerprint density at radius 2 is 2.11 bits per heavy atom. The molecule has 0 spiro atoms.